The van der Waals surface area contributed by atoms with E-state index in [0.717, 1.165) is 31.9 Å². The van der Waals surface area contributed by atoms with Crippen LogP contribution in [0.3, 0.4) is 0 Å². The second kappa shape index (κ2) is 10.3. The molecule has 1 atom stereocenters. The quantitative estimate of drug-likeness (QED) is 0.519. The van der Waals surface area contributed by atoms with Gasteiger partial charge in [-0.05, 0) is 29.1 Å². The van der Waals surface area contributed by atoms with E-state index in [0.29, 0.717) is 30.5 Å². The number of nitrogens with one attached hydrogen (secondary N) is 1. The van der Waals surface area contributed by atoms with Gasteiger partial charge in [0.05, 0.1) is 40.0 Å². The van der Waals surface area contributed by atoms with Gasteiger partial charge >= 0.3 is 0 Å². The van der Waals surface area contributed by atoms with Gasteiger partial charge in [0.1, 0.15) is 0 Å². The number of benzene rings is 1. The summed E-state index contributed by atoms with van der Waals surface area (Å²) >= 11 is 1.77. The van der Waals surface area contributed by atoms with E-state index in [2.05, 4.69) is 32.7 Å². The summed E-state index contributed by atoms with van der Waals surface area (Å²) in [7, 11) is 3.24. The minimum Gasteiger partial charge on any atom is -0.493 e. The molecule has 0 saturated carbocycles. The molecule has 0 aliphatic carbocycles. The average molecular weight is 405 g/mol. The van der Waals surface area contributed by atoms with Crippen molar-refractivity contribution in [1.29, 1.82) is 0 Å². The van der Waals surface area contributed by atoms with Crippen LogP contribution < -0.4 is 20.5 Å². The number of thiophene rings is 1. The van der Waals surface area contributed by atoms with Gasteiger partial charge in [-0.3, -0.25) is 4.90 Å². The van der Waals surface area contributed by atoms with E-state index < -0.39 is 0 Å². The van der Waals surface area contributed by atoms with Gasteiger partial charge in [0.15, 0.2) is 17.5 Å². The summed E-state index contributed by atoms with van der Waals surface area (Å²) in [6.07, 6.45) is 0. The molecule has 1 aromatic carbocycles. The van der Waals surface area contributed by atoms with Crippen LogP contribution in [0.15, 0.2) is 40.7 Å². The number of nitrogens with two attached hydrogens (primary N) is 1. The van der Waals surface area contributed by atoms with Crippen molar-refractivity contribution in [1.82, 2.24) is 10.2 Å². The Kier molecular flexibility index (Phi) is 7.53. The third-order valence-corrected chi connectivity index (χ3v) is 5.69. The summed E-state index contributed by atoms with van der Waals surface area (Å²) in [6.45, 7) is 4.57. The van der Waals surface area contributed by atoms with Gasteiger partial charge in [0, 0.05) is 24.5 Å². The number of ether oxygens (including phenoxy) is 3. The van der Waals surface area contributed by atoms with Crippen molar-refractivity contribution >= 4 is 17.3 Å². The van der Waals surface area contributed by atoms with Gasteiger partial charge in [-0.15, -0.1) is 11.3 Å². The largest absolute Gasteiger partial charge is 0.493 e. The fourth-order valence-electron chi connectivity index (χ4n) is 3.19. The summed E-state index contributed by atoms with van der Waals surface area (Å²) in [4.78, 5) is 8.23. The molecule has 3 rings (SSSR count). The van der Waals surface area contributed by atoms with E-state index in [9.17, 15) is 0 Å². The molecule has 8 heteroatoms. The Morgan fingerprint density at radius 3 is 2.71 bits per heavy atom. The predicted octanol–water partition coefficient (Wildman–Crippen LogP) is 2.24. The number of hydrogen-bond acceptors (Lipinski definition) is 6. The second-order valence-corrected chi connectivity index (χ2v) is 7.43. The first kappa shape index (κ1) is 20.4. The van der Waals surface area contributed by atoms with E-state index in [1.54, 1.807) is 25.6 Å². The lowest BCUT2D eigenvalue weighted by Crippen LogP contribution is -2.44. The molecular weight excluding hydrogens is 376 g/mol. The van der Waals surface area contributed by atoms with Gasteiger partial charge in [0.25, 0.3) is 0 Å². The van der Waals surface area contributed by atoms with E-state index >= 15 is 0 Å². The number of nitrogens with zero attached hydrogens (tertiary/aromatic N) is 2. The summed E-state index contributed by atoms with van der Waals surface area (Å²) < 4.78 is 16.1. The number of aliphatic imine (C=N–C) groups is 1. The van der Waals surface area contributed by atoms with Crippen molar-refractivity contribution in [3.8, 4) is 11.5 Å². The monoisotopic (exact) mass is 404 g/mol. The normalized spacial score (nSPS) is 16.6. The topological polar surface area (TPSA) is 81.3 Å². The highest BCUT2D eigenvalue weighted by molar-refractivity contribution is 7.10. The van der Waals surface area contributed by atoms with Crippen molar-refractivity contribution in [2.75, 3.05) is 47.1 Å². The first-order valence-electron chi connectivity index (χ1n) is 9.31. The molecule has 1 fully saturated rings. The molecule has 2 aromatic rings. The van der Waals surface area contributed by atoms with Gasteiger partial charge in [-0.1, -0.05) is 12.1 Å². The molecule has 28 heavy (non-hydrogen) atoms. The third kappa shape index (κ3) is 5.37. The molecule has 1 saturated heterocycles. The van der Waals surface area contributed by atoms with E-state index in [-0.39, 0.29) is 6.04 Å². The maximum atomic E-state index is 6.12. The van der Waals surface area contributed by atoms with Crippen molar-refractivity contribution in [2.24, 2.45) is 10.7 Å². The van der Waals surface area contributed by atoms with Gasteiger partial charge in [0.2, 0.25) is 0 Å². The first-order chi connectivity index (χ1) is 13.7. The molecule has 2 heterocycles. The highest BCUT2D eigenvalue weighted by atomic mass is 32.1. The highest BCUT2D eigenvalue weighted by Gasteiger charge is 2.23. The average Bonchev–Trinajstić information content (AvgIpc) is 3.27. The zero-order valence-corrected chi connectivity index (χ0v) is 17.2. The van der Waals surface area contributed by atoms with Crippen LogP contribution in [-0.4, -0.2) is 57.9 Å². The van der Waals surface area contributed by atoms with Crippen molar-refractivity contribution in [3.05, 3.63) is 46.2 Å². The molecule has 0 amide bonds. The third-order valence-electron chi connectivity index (χ3n) is 4.71. The standard InChI is InChI=1S/C20H28N4O3S/c1-25-17-6-5-15(12-18(17)26-2)13-22-20(21)23-14-16(19-4-3-11-28-19)24-7-9-27-10-8-24/h3-6,11-12,16H,7-10,13-14H2,1-2H3,(H3,21,22,23). The van der Waals surface area contributed by atoms with E-state index in [1.165, 1.54) is 4.88 Å². The molecule has 1 unspecified atom stereocenters. The fourth-order valence-corrected chi connectivity index (χ4v) is 4.05. The van der Waals surface area contributed by atoms with Crippen molar-refractivity contribution in [3.63, 3.8) is 0 Å². The Bertz CT molecular complexity index is 761. The van der Waals surface area contributed by atoms with Crippen LogP contribution in [0.4, 0.5) is 0 Å². The zero-order valence-electron chi connectivity index (χ0n) is 16.4. The Balaban J connectivity index is 1.60. The molecule has 0 spiro atoms. The number of rotatable bonds is 8. The lowest BCUT2D eigenvalue weighted by atomic mass is 10.2. The van der Waals surface area contributed by atoms with Crippen LogP contribution in [0.2, 0.25) is 0 Å². The highest BCUT2D eigenvalue weighted by Crippen LogP contribution is 2.28. The molecule has 7 nitrogen and oxygen atoms in total. The molecule has 152 valence electrons. The van der Waals surface area contributed by atoms with Crippen LogP contribution in [-0.2, 0) is 11.3 Å². The van der Waals surface area contributed by atoms with Crippen LogP contribution in [0, 0.1) is 0 Å². The number of hydrogen-bond donors (Lipinski definition) is 2. The smallest absolute Gasteiger partial charge is 0.188 e. The lowest BCUT2D eigenvalue weighted by Gasteiger charge is -2.34. The van der Waals surface area contributed by atoms with E-state index in [4.69, 9.17) is 19.9 Å². The maximum Gasteiger partial charge on any atom is 0.188 e. The summed E-state index contributed by atoms with van der Waals surface area (Å²) in [5.41, 5.74) is 7.13. The maximum absolute atomic E-state index is 6.12. The molecule has 0 bridgehead atoms. The molecule has 0 radical (unpaired) electrons. The van der Waals surface area contributed by atoms with Crippen molar-refractivity contribution < 1.29 is 14.2 Å². The molecule has 3 N–H and O–H groups in total. The number of morpholine rings is 1. The fraction of sp³-hybridized carbons (Fsp3) is 0.450. The predicted molar refractivity (Wildman–Crippen MR) is 112 cm³/mol. The molecule has 1 aliphatic rings. The molecular formula is C20H28N4O3S. The Morgan fingerprint density at radius 1 is 1.25 bits per heavy atom. The van der Waals surface area contributed by atoms with Crippen molar-refractivity contribution in [2.45, 2.75) is 12.6 Å². The van der Waals surface area contributed by atoms with Gasteiger partial charge < -0.3 is 25.3 Å². The summed E-state index contributed by atoms with van der Waals surface area (Å²) in [5, 5.41) is 5.39. The number of guanidine groups is 1. The van der Waals surface area contributed by atoms with Crippen LogP contribution >= 0.6 is 11.3 Å². The van der Waals surface area contributed by atoms with Crippen LogP contribution in [0.25, 0.3) is 0 Å². The number of methoxy groups -OCH3 is 2. The van der Waals surface area contributed by atoms with E-state index in [1.807, 2.05) is 18.2 Å². The zero-order chi connectivity index (χ0) is 19.8. The minimum absolute atomic E-state index is 0.263. The van der Waals surface area contributed by atoms with Crippen LogP contribution in [0.5, 0.6) is 11.5 Å². The Labute approximate surface area is 170 Å². The molecule has 1 aliphatic heterocycles. The lowest BCUT2D eigenvalue weighted by molar-refractivity contribution is 0.0177. The summed E-state index contributed by atoms with van der Waals surface area (Å²) in [6, 6.07) is 10.3. The van der Waals surface area contributed by atoms with Gasteiger partial charge in [-0.2, -0.15) is 0 Å². The first-order valence-corrected chi connectivity index (χ1v) is 10.2. The Hall–Kier alpha value is -2.29. The van der Waals surface area contributed by atoms with Crippen LogP contribution in [0.1, 0.15) is 16.5 Å². The SMILES string of the molecule is COc1ccc(CN=C(N)NCC(c2cccs2)N2CCOCC2)cc1OC. The minimum atomic E-state index is 0.263. The Morgan fingerprint density at radius 2 is 2.04 bits per heavy atom. The van der Waals surface area contributed by atoms with Gasteiger partial charge in [-0.25, -0.2) is 4.99 Å². The summed E-state index contributed by atoms with van der Waals surface area (Å²) in [5.74, 6) is 1.82. The molecule has 1 aromatic heterocycles. The second-order valence-electron chi connectivity index (χ2n) is 6.45.